The lowest BCUT2D eigenvalue weighted by molar-refractivity contribution is -0.115. The molecule has 0 aliphatic rings. The Morgan fingerprint density at radius 2 is 1.78 bits per heavy atom. The second kappa shape index (κ2) is 9.43. The summed E-state index contributed by atoms with van der Waals surface area (Å²) in [5.74, 6) is 0.513. The average molecular weight is 363 g/mol. The van der Waals surface area contributed by atoms with Crippen LogP contribution in [0.3, 0.4) is 0 Å². The molecule has 140 valence electrons. The summed E-state index contributed by atoms with van der Waals surface area (Å²) >= 11 is 0. The third-order valence-electron chi connectivity index (χ3n) is 4.25. The van der Waals surface area contributed by atoms with Gasteiger partial charge in [-0.25, -0.2) is 0 Å². The van der Waals surface area contributed by atoms with Crippen molar-refractivity contribution in [3.8, 4) is 0 Å². The predicted molar refractivity (Wildman–Crippen MR) is 111 cm³/mol. The molecule has 1 amide bonds. The van der Waals surface area contributed by atoms with Gasteiger partial charge < -0.3 is 20.5 Å². The number of aromatic nitrogens is 1. The van der Waals surface area contributed by atoms with E-state index in [0.29, 0.717) is 5.96 Å². The number of benzene rings is 2. The first-order valence-electron chi connectivity index (χ1n) is 9.09. The number of guanidine groups is 1. The Kier molecular flexibility index (Phi) is 6.46. The molecule has 0 spiro atoms. The van der Waals surface area contributed by atoms with Crippen LogP contribution in [0.2, 0.25) is 0 Å². The number of para-hydroxylation sites is 2. The molecule has 1 aromatic heterocycles. The van der Waals surface area contributed by atoms with Gasteiger partial charge in [-0.05, 0) is 36.1 Å². The minimum absolute atomic E-state index is 0.108. The number of hydrogen-bond acceptors (Lipinski definition) is 2. The molecule has 0 fully saturated rings. The fourth-order valence-electron chi connectivity index (χ4n) is 2.90. The number of anilines is 1. The summed E-state index contributed by atoms with van der Waals surface area (Å²) in [6, 6.07) is 19.9. The van der Waals surface area contributed by atoms with E-state index in [2.05, 4.69) is 62.0 Å². The lowest BCUT2D eigenvalue weighted by atomic mass is 10.2. The van der Waals surface area contributed by atoms with Crippen molar-refractivity contribution in [1.29, 1.82) is 0 Å². The van der Waals surface area contributed by atoms with E-state index in [1.165, 1.54) is 10.9 Å². The number of rotatable bonds is 7. The highest BCUT2D eigenvalue weighted by atomic mass is 16.1. The molecule has 0 saturated heterocycles. The van der Waals surface area contributed by atoms with Gasteiger partial charge in [0, 0.05) is 37.5 Å². The lowest BCUT2D eigenvalue weighted by Crippen LogP contribution is -2.41. The molecular weight excluding hydrogens is 338 g/mol. The second-order valence-electron chi connectivity index (χ2n) is 6.19. The number of carbonyl (C=O) groups is 1. The molecule has 0 aliphatic heterocycles. The first kappa shape index (κ1) is 18.5. The summed E-state index contributed by atoms with van der Waals surface area (Å²) in [6.45, 7) is 1.86. The van der Waals surface area contributed by atoms with Gasteiger partial charge >= 0.3 is 0 Å². The van der Waals surface area contributed by atoms with Crippen LogP contribution < -0.4 is 16.0 Å². The Hall–Kier alpha value is -3.28. The van der Waals surface area contributed by atoms with Gasteiger partial charge in [-0.2, -0.15) is 0 Å². The van der Waals surface area contributed by atoms with Crippen molar-refractivity contribution in [2.45, 2.75) is 13.0 Å². The van der Waals surface area contributed by atoms with Crippen molar-refractivity contribution in [2.24, 2.45) is 4.99 Å². The van der Waals surface area contributed by atoms with Gasteiger partial charge in [0.15, 0.2) is 5.96 Å². The third-order valence-corrected chi connectivity index (χ3v) is 4.25. The number of nitrogens with one attached hydrogen (secondary N) is 3. The Morgan fingerprint density at radius 1 is 1.00 bits per heavy atom. The molecule has 3 rings (SSSR count). The maximum Gasteiger partial charge on any atom is 0.243 e. The van der Waals surface area contributed by atoms with Crippen LogP contribution in [0, 0.1) is 0 Å². The molecule has 1 heterocycles. The Morgan fingerprint density at radius 3 is 2.59 bits per heavy atom. The highest BCUT2D eigenvalue weighted by molar-refractivity contribution is 5.94. The monoisotopic (exact) mass is 363 g/mol. The maximum absolute atomic E-state index is 12.0. The number of aryl methyl sites for hydroxylation is 1. The number of fused-ring (bicyclic) bond motifs is 1. The van der Waals surface area contributed by atoms with E-state index in [-0.39, 0.29) is 12.5 Å². The molecule has 6 heteroatoms. The Balaban J connectivity index is 1.38. The van der Waals surface area contributed by atoms with Crippen LogP contribution in [-0.2, 0) is 11.3 Å². The molecule has 0 atom stereocenters. The molecular formula is C21H25N5O. The molecule has 0 radical (unpaired) electrons. The first-order valence-corrected chi connectivity index (χ1v) is 9.09. The van der Waals surface area contributed by atoms with Gasteiger partial charge in [-0.15, -0.1) is 0 Å². The lowest BCUT2D eigenvalue weighted by Gasteiger charge is -2.12. The molecule has 0 aliphatic carbocycles. The minimum Gasteiger partial charge on any atom is -0.356 e. The first-order chi connectivity index (χ1) is 13.3. The topological polar surface area (TPSA) is 70.5 Å². The second-order valence-corrected chi connectivity index (χ2v) is 6.19. The normalized spacial score (nSPS) is 11.4. The number of nitrogens with zero attached hydrogens (tertiary/aromatic N) is 2. The van der Waals surface area contributed by atoms with E-state index >= 15 is 0 Å². The molecule has 27 heavy (non-hydrogen) atoms. The SMILES string of the molecule is CN=C(NCCCn1ccc2ccccc21)NCC(=O)Nc1ccccc1. The van der Waals surface area contributed by atoms with Crippen LogP contribution in [0.1, 0.15) is 6.42 Å². The van der Waals surface area contributed by atoms with Crippen LogP contribution in [0.4, 0.5) is 5.69 Å². The Labute approximate surface area is 159 Å². The quantitative estimate of drug-likeness (QED) is 0.343. The van der Waals surface area contributed by atoms with Crippen LogP contribution in [0.15, 0.2) is 71.9 Å². The smallest absolute Gasteiger partial charge is 0.243 e. The van der Waals surface area contributed by atoms with E-state index in [1.54, 1.807) is 7.05 Å². The molecule has 0 bridgehead atoms. The van der Waals surface area contributed by atoms with Gasteiger partial charge in [-0.3, -0.25) is 9.79 Å². The van der Waals surface area contributed by atoms with Gasteiger partial charge in [0.1, 0.15) is 0 Å². The number of aliphatic imine (C=N–C) groups is 1. The van der Waals surface area contributed by atoms with Crippen molar-refractivity contribution >= 4 is 28.5 Å². The van der Waals surface area contributed by atoms with Gasteiger partial charge in [0.2, 0.25) is 5.91 Å². The zero-order valence-electron chi connectivity index (χ0n) is 15.5. The summed E-state index contributed by atoms with van der Waals surface area (Å²) in [7, 11) is 1.70. The van der Waals surface area contributed by atoms with Crippen LogP contribution in [0.5, 0.6) is 0 Å². The molecule has 3 N–H and O–H groups in total. The molecule has 0 saturated carbocycles. The fourth-order valence-corrected chi connectivity index (χ4v) is 2.90. The predicted octanol–water partition coefficient (Wildman–Crippen LogP) is 2.84. The summed E-state index contributed by atoms with van der Waals surface area (Å²) in [5, 5.41) is 10.4. The zero-order chi connectivity index (χ0) is 18.9. The number of carbonyl (C=O) groups excluding carboxylic acids is 1. The zero-order valence-corrected chi connectivity index (χ0v) is 15.5. The van der Waals surface area contributed by atoms with Gasteiger partial charge in [-0.1, -0.05) is 36.4 Å². The third kappa shape index (κ3) is 5.34. The van der Waals surface area contributed by atoms with Crippen LogP contribution in [0.25, 0.3) is 10.9 Å². The highest BCUT2D eigenvalue weighted by Gasteiger charge is 2.04. The number of amides is 1. The molecule has 0 unspecified atom stereocenters. The van der Waals surface area contributed by atoms with Gasteiger partial charge in [0.05, 0.1) is 6.54 Å². The van der Waals surface area contributed by atoms with Gasteiger partial charge in [0.25, 0.3) is 0 Å². The number of hydrogen-bond donors (Lipinski definition) is 3. The molecule has 6 nitrogen and oxygen atoms in total. The van der Waals surface area contributed by atoms with Crippen molar-refractivity contribution in [2.75, 3.05) is 25.5 Å². The van der Waals surface area contributed by atoms with E-state index in [4.69, 9.17) is 0 Å². The summed E-state index contributed by atoms with van der Waals surface area (Å²) in [4.78, 5) is 16.1. The summed E-state index contributed by atoms with van der Waals surface area (Å²) < 4.78 is 2.25. The summed E-state index contributed by atoms with van der Waals surface area (Å²) in [5.41, 5.74) is 2.03. The average Bonchev–Trinajstić information content (AvgIpc) is 3.11. The van der Waals surface area contributed by atoms with E-state index in [0.717, 1.165) is 25.2 Å². The summed E-state index contributed by atoms with van der Waals surface area (Å²) in [6.07, 6.45) is 3.07. The van der Waals surface area contributed by atoms with Crippen LogP contribution >= 0.6 is 0 Å². The van der Waals surface area contributed by atoms with Crippen LogP contribution in [-0.4, -0.2) is 36.6 Å². The highest BCUT2D eigenvalue weighted by Crippen LogP contribution is 2.15. The fraction of sp³-hybridized carbons (Fsp3) is 0.238. The molecule has 2 aromatic carbocycles. The van der Waals surface area contributed by atoms with Crippen molar-refractivity contribution < 1.29 is 4.79 Å². The van der Waals surface area contributed by atoms with E-state index in [1.807, 2.05) is 30.3 Å². The van der Waals surface area contributed by atoms with Crippen molar-refractivity contribution in [3.05, 3.63) is 66.9 Å². The Bertz CT molecular complexity index is 901. The largest absolute Gasteiger partial charge is 0.356 e. The van der Waals surface area contributed by atoms with E-state index in [9.17, 15) is 4.79 Å². The molecule has 3 aromatic rings. The maximum atomic E-state index is 12.0. The van der Waals surface area contributed by atoms with Crippen molar-refractivity contribution in [1.82, 2.24) is 15.2 Å². The standard InChI is InChI=1S/C21H25N5O/c1-22-21(24-16-20(27)25-18-9-3-2-4-10-18)23-13-7-14-26-15-12-17-8-5-6-11-19(17)26/h2-6,8-12,15H,7,13-14,16H2,1H3,(H,25,27)(H2,22,23,24). The minimum atomic E-state index is -0.108. The van der Waals surface area contributed by atoms with Crippen molar-refractivity contribution in [3.63, 3.8) is 0 Å². The van der Waals surface area contributed by atoms with E-state index < -0.39 is 0 Å².